The molecule has 0 saturated carbocycles. The highest BCUT2D eigenvalue weighted by atomic mass is 35.5. The van der Waals surface area contributed by atoms with Crippen LogP contribution >= 0.6 is 23.2 Å². The number of amides is 1. The zero-order valence-corrected chi connectivity index (χ0v) is 20.1. The maximum atomic E-state index is 12.8. The van der Waals surface area contributed by atoms with Crippen LogP contribution in [0.5, 0.6) is 0 Å². The van der Waals surface area contributed by atoms with Crippen LogP contribution in [0.4, 0.5) is 4.79 Å². The van der Waals surface area contributed by atoms with E-state index in [0.29, 0.717) is 16.5 Å². The van der Waals surface area contributed by atoms with Crippen molar-refractivity contribution < 1.29 is 19.4 Å². The summed E-state index contributed by atoms with van der Waals surface area (Å²) >= 11 is 12.4. The summed E-state index contributed by atoms with van der Waals surface area (Å²) in [6, 6.07) is 11.2. The number of halogens is 2. The van der Waals surface area contributed by atoms with Crippen LogP contribution in [0.25, 0.3) is 6.08 Å². The number of fused-ring (bicyclic) bond motifs is 1. The van der Waals surface area contributed by atoms with E-state index >= 15 is 0 Å². The maximum absolute atomic E-state index is 12.8. The van der Waals surface area contributed by atoms with E-state index in [1.807, 2.05) is 51.1 Å². The molecule has 1 amide bonds. The number of carbonyl (C=O) groups excluding carboxylic acids is 1. The SMILES string of the molecule is CN(C(=O)OC(C)(C)C)[C@H]1CC[C@@H](c2ccc(Cl)c(Cl)c2)c2cccc(C=CC(=O)O)c21. The summed E-state index contributed by atoms with van der Waals surface area (Å²) < 4.78 is 5.59. The van der Waals surface area contributed by atoms with Gasteiger partial charge in [-0.15, -0.1) is 0 Å². The Bertz CT molecular complexity index is 1060. The largest absolute Gasteiger partial charge is 0.478 e. The summed E-state index contributed by atoms with van der Waals surface area (Å²) in [5.74, 6) is -0.988. The first-order valence-corrected chi connectivity index (χ1v) is 11.2. The van der Waals surface area contributed by atoms with Gasteiger partial charge in [0.2, 0.25) is 0 Å². The number of carbonyl (C=O) groups is 2. The molecule has 0 aliphatic heterocycles. The second-order valence-electron chi connectivity index (χ2n) is 8.93. The van der Waals surface area contributed by atoms with Crippen molar-refractivity contribution in [2.45, 2.75) is 51.2 Å². The third-order valence-corrected chi connectivity index (χ3v) is 6.25. The maximum Gasteiger partial charge on any atom is 0.410 e. The topological polar surface area (TPSA) is 66.8 Å². The number of hydrogen-bond donors (Lipinski definition) is 1. The van der Waals surface area contributed by atoms with Gasteiger partial charge in [-0.2, -0.15) is 0 Å². The van der Waals surface area contributed by atoms with Gasteiger partial charge in [-0.3, -0.25) is 0 Å². The van der Waals surface area contributed by atoms with Crippen molar-refractivity contribution >= 4 is 41.3 Å². The van der Waals surface area contributed by atoms with E-state index in [1.54, 1.807) is 24.1 Å². The van der Waals surface area contributed by atoms with Crippen LogP contribution in [0.2, 0.25) is 10.0 Å². The number of hydrogen-bond acceptors (Lipinski definition) is 3. The average molecular weight is 476 g/mol. The first-order valence-electron chi connectivity index (χ1n) is 10.4. The summed E-state index contributed by atoms with van der Waals surface area (Å²) in [7, 11) is 1.72. The molecule has 2 aromatic rings. The molecule has 1 N–H and O–H groups in total. The molecule has 0 fully saturated rings. The summed E-state index contributed by atoms with van der Waals surface area (Å²) in [6.45, 7) is 5.48. The van der Waals surface area contributed by atoms with Gasteiger partial charge in [0, 0.05) is 19.0 Å². The van der Waals surface area contributed by atoms with Crippen LogP contribution in [0, 0.1) is 0 Å². The third-order valence-electron chi connectivity index (χ3n) is 5.51. The van der Waals surface area contributed by atoms with Crippen LogP contribution in [0.3, 0.4) is 0 Å². The number of carboxylic acids is 1. The van der Waals surface area contributed by atoms with E-state index in [4.69, 9.17) is 33.0 Å². The minimum atomic E-state index is -1.03. The number of benzene rings is 2. The predicted molar refractivity (Wildman–Crippen MR) is 127 cm³/mol. The second kappa shape index (κ2) is 9.55. The first-order chi connectivity index (χ1) is 15.0. The smallest absolute Gasteiger partial charge is 0.410 e. The lowest BCUT2D eigenvalue weighted by atomic mass is 9.74. The Balaban J connectivity index is 2.10. The van der Waals surface area contributed by atoms with E-state index in [9.17, 15) is 9.59 Å². The monoisotopic (exact) mass is 475 g/mol. The summed E-state index contributed by atoms with van der Waals surface area (Å²) in [5, 5.41) is 10.1. The Morgan fingerprint density at radius 2 is 1.84 bits per heavy atom. The van der Waals surface area contributed by atoms with Gasteiger partial charge in [-0.1, -0.05) is 47.5 Å². The van der Waals surface area contributed by atoms with Gasteiger partial charge < -0.3 is 14.7 Å². The Hall–Kier alpha value is -2.50. The molecule has 7 heteroatoms. The van der Waals surface area contributed by atoms with E-state index < -0.39 is 17.7 Å². The molecule has 0 heterocycles. The zero-order chi connectivity index (χ0) is 23.6. The van der Waals surface area contributed by atoms with E-state index in [1.165, 1.54) is 0 Å². The molecular formula is C25H27Cl2NO4. The minimum Gasteiger partial charge on any atom is -0.478 e. The molecule has 5 nitrogen and oxygen atoms in total. The molecule has 170 valence electrons. The normalized spacial score (nSPS) is 18.3. The van der Waals surface area contributed by atoms with Crippen molar-refractivity contribution in [2.75, 3.05) is 7.05 Å². The van der Waals surface area contributed by atoms with Gasteiger partial charge in [-0.05, 0) is 74.1 Å². The second-order valence-corrected chi connectivity index (χ2v) is 9.75. The number of carboxylic acid groups (broad SMARTS) is 1. The first kappa shape index (κ1) is 24.1. The van der Waals surface area contributed by atoms with Gasteiger partial charge in [0.1, 0.15) is 5.60 Å². The molecule has 2 atom stereocenters. The molecule has 0 bridgehead atoms. The standard InChI is InChI=1S/C25H27Cl2NO4/c1-25(2,3)32-24(31)28(4)21-12-10-17(16-8-11-19(26)20(27)14-16)18-7-5-6-15(23(18)21)9-13-22(29)30/h5-9,11,13-14,17,21H,10,12H2,1-4H3,(H,29,30)/t17-,21-/m0/s1. The van der Waals surface area contributed by atoms with E-state index in [2.05, 4.69) is 0 Å². The molecular weight excluding hydrogens is 449 g/mol. The minimum absolute atomic E-state index is 0.0428. The number of ether oxygens (including phenoxy) is 1. The van der Waals surface area contributed by atoms with Crippen molar-refractivity contribution in [2.24, 2.45) is 0 Å². The molecule has 3 rings (SSSR count). The lowest BCUT2D eigenvalue weighted by molar-refractivity contribution is -0.131. The van der Waals surface area contributed by atoms with Gasteiger partial charge >= 0.3 is 12.1 Å². The van der Waals surface area contributed by atoms with Crippen LogP contribution < -0.4 is 0 Å². The molecule has 32 heavy (non-hydrogen) atoms. The van der Waals surface area contributed by atoms with Crippen molar-refractivity contribution in [3.05, 3.63) is 74.8 Å². The van der Waals surface area contributed by atoms with Gasteiger partial charge in [0.25, 0.3) is 0 Å². The molecule has 1 aliphatic carbocycles. The molecule has 0 saturated heterocycles. The molecule has 2 aromatic carbocycles. The molecule has 0 radical (unpaired) electrons. The van der Waals surface area contributed by atoms with E-state index in [0.717, 1.165) is 34.8 Å². The number of rotatable bonds is 4. The molecule has 1 aliphatic rings. The summed E-state index contributed by atoms with van der Waals surface area (Å²) in [4.78, 5) is 25.6. The highest BCUT2D eigenvalue weighted by Gasteiger charge is 2.35. The predicted octanol–water partition coefficient (Wildman–Crippen LogP) is 6.92. The number of nitrogens with zero attached hydrogens (tertiary/aromatic N) is 1. The fourth-order valence-electron chi connectivity index (χ4n) is 4.14. The van der Waals surface area contributed by atoms with Crippen LogP contribution in [-0.2, 0) is 9.53 Å². The molecule has 0 spiro atoms. The van der Waals surface area contributed by atoms with Crippen molar-refractivity contribution in [1.29, 1.82) is 0 Å². The summed E-state index contributed by atoms with van der Waals surface area (Å²) in [5.41, 5.74) is 3.12. The Labute approximate surface area is 198 Å². The van der Waals surface area contributed by atoms with Gasteiger partial charge in [0.15, 0.2) is 0 Å². The fourth-order valence-corrected chi connectivity index (χ4v) is 4.45. The van der Waals surface area contributed by atoms with Crippen molar-refractivity contribution in [1.82, 2.24) is 4.90 Å². The fraction of sp³-hybridized carbons (Fsp3) is 0.360. The summed E-state index contributed by atoms with van der Waals surface area (Å²) in [6.07, 6.45) is 3.75. The highest BCUT2D eigenvalue weighted by molar-refractivity contribution is 6.42. The van der Waals surface area contributed by atoms with Gasteiger partial charge in [0.05, 0.1) is 16.1 Å². The van der Waals surface area contributed by atoms with Crippen molar-refractivity contribution in [3.63, 3.8) is 0 Å². The molecule has 0 aromatic heterocycles. The van der Waals surface area contributed by atoms with Crippen molar-refractivity contribution in [3.8, 4) is 0 Å². The quantitative estimate of drug-likeness (QED) is 0.486. The number of aliphatic carboxylic acids is 1. The Morgan fingerprint density at radius 1 is 1.12 bits per heavy atom. The van der Waals surface area contributed by atoms with Gasteiger partial charge in [-0.25, -0.2) is 9.59 Å². The van der Waals surface area contributed by atoms with Crippen LogP contribution in [0.1, 0.15) is 67.8 Å². The van der Waals surface area contributed by atoms with Crippen LogP contribution in [-0.4, -0.2) is 34.7 Å². The Morgan fingerprint density at radius 3 is 2.47 bits per heavy atom. The lowest BCUT2D eigenvalue weighted by Gasteiger charge is -2.38. The average Bonchev–Trinajstić information content (AvgIpc) is 2.71. The zero-order valence-electron chi connectivity index (χ0n) is 18.6. The lowest BCUT2D eigenvalue weighted by Crippen LogP contribution is -2.38. The third kappa shape index (κ3) is 5.45. The van der Waals surface area contributed by atoms with E-state index in [-0.39, 0.29) is 12.0 Å². The highest BCUT2D eigenvalue weighted by Crippen LogP contribution is 2.46. The van der Waals surface area contributed by atoms with Crippen LogP contribution in [0.15, 0.2) is 42.5 Å². The Kier molecular flexibility index (Phi) is 7.21. The molecule has 0 unspecified atom stereocenters.